The van der Waals surface area contributed by atoms with Gasteiger partial charge in [0, 0.05) is 6.54 Å². The minimum Gasteiger partial charge on any atom is -0.480 e. The Kier molecular flexibility index (Phi) is 10.6. The molecule has 0 heterocycles. The lowest BCUT2D eigenvalue weighted by atomic mass is 10.2. The van der Waals surface area contributed by atoms with Gasteiger partial charge in [-0.15, -0.1) is 0 Å². The molecule has 0 radical (unpaired) electrons. The van der Waals surface area contributed by atoms with Gasteiger partial charge in [0.05, 0.1) is 0 Å². The van der Waals surface area contributed by atoms with Crippen LogP contribution < -0.4 is 11.1 Å². The van der Waals surface area contributed by atoms with E-state index in [1.165, 1.54) is 0 Å². The summed E-state index contributed by atoms with van der Waals surface area (Å²) < 4.78 is 4.98. The number of carboxylic acid groups (broad SMARTS) is 1. The first kappa shape index (κ1) is 18.9. The summed E-state index contributed by atoms with van der Waals surface area (Å²) in [5, 5.41) is 11.1. The predicted molar refractivity (Wildman–Crippen MR) is 80.8 cm³/mol. The third-order valence-electron chi connectivity index (χ3n) is 2.49. The second-order valence-electron chi connectivity index (χ2n) is 4.08. The molecule has 0 aliphatic rings. The SMILES string of the molecule is CC.NC(CCCNC(=O)OCc1ccccc1)C(=O)O. The molecule has 1 rings (SSSR count). The van der Waals surface area contributed by atoms with Crippen molar-refractivity contribution >= 4 is 12.1 Å². The van der Waals surface area contributed by atoms with Crippen molar-refractivity contribution in [2.24, 2.45) is 5.73 Å². The Hall–Kier alpha value is -2.08. The molecule has 0 bridgehead atoms. The summed E-state index contributed by atoms with van der Waals surface area (Å²) in [6, 6.07) is 8.45. The van der Waals surface area contributed by atoms with Crippen molar-refractivity contribution in [2.75, 3.05) is 6.54 Å². The lowest BCUT2D eigenvalue weighted by molar-refractivity contribution is -0.138. The number of aliphatic carboxylic acids is 1. The maximum atomic E-state index is 11.3. The van der Waals surface area contributed by atoms with Gasteiger partial charge in [0.2, 0.25) is 0 Å². The normalized spacial score (nSPS) is 10.8. The molecule has 0 aliphatic carbocycles. The Bertz CT molecular complexity index is 409. The molecule has 118 valence electrons. The van der Waals surface area contributed by atoms with Crippen LogP contribution in [0, 0.1) is 0 Å². The van der Waals surface area contributed by atoms with Crippen LogP contribution in [0.1, 0.15) is 32.3 Å². The molecule has 0 saturated carbocycles. The summed E-state index contributed by atoms with van der Waals surface area (Å²) >= 11 is 0. The van der Waals surface area contributed by atoms with Crippen molar-refractivity contribution in [1.82, 2.24) is 5.32 Å². The van der Waals surface area contributed by atoms with E-state index in [9.17, 15) is 9.59 Å². The average molecular weight is 296 g/mol. The maximum absolute atomic E-state index is 11.3. The Morgan fingerprint density at radius 3 is 2.48 bits per heavy atom. The quantitative estimate of drug-likeness (QED) is 0.669. The van der Waals surface area contributed by atoms with Gasteiger partial charge in [-0.2, -0.15) is 0 Å². The van der Waals surface area contributed by atoms with E-state index in [0.717, 1.165) is 5.56 Å². The molecule has 1 amide bonds. The van der Waals surface area contributed by atoms with Crippen molar-refractivity contribution in [3.05, 3.63) is 35.9 Å². The van der Waals surface area contributed by atoms with E-state index >= 15 is 0 Å². The third-order valence-corrected chi connectivity index (χ3v) is 2.49. The number of amides is 1. The van der Waals surface area contributed by atoms with Gasteiger partial charge in [0.25, 0.3) is 0 Å². The molecule has 4 N–H and O–H groups in total. The molecule has 1 aromatic carbocycles. The van der Waals surface area contributed by atoms with Crippen LogP contribution in [0.5, 0.6) is 0 Å². The van der Waals surface area contributed by atoms with E-state index in [0.29, 0.717) is 19.4 Å². The summed E-state index contributed by atoms with van der Waals surface area (Å²) in [5.74, 6) is -1.04. The highest BCUT2D eigenvalue weighted by molar-refractivity contribution is 5.73. The zero-order valence-corrected chi connectivity index (χ0v) is 12.5. The molecule has 0 fully saturated rings. The van der Waals surface area contributed by atoms with Gasteiger partial charge in [-0.3, -0.25) is 4.79 Å². The minimum atomic E-state index is -1.04. The lowest BCUT2D eigenvalue weighted by Crippen LogP contribution is -2.32. The van der Waals surface area contributed by atoms with Crippen LogP contribution in [0.3, 0.4) is 0 Å². The van der Waals surface area contributed by atoms with Crippen molar-refractivity contribution in [3.63, 3.8) is 0 Å². The van der Waals surface area contributed by atoms with Crippen molar-refractivity contribution in [2.45, 2.75) is 39.3 Å². The number of nitrogens with two attached hydrogens (primary N) is 1. The smallest absolute Gasteiger partial charge is 0.407 e. The van der Waals surface area contributed by atoms with E-state index in [2.05, 4.69) is 5.32 Å². The molecule has 1 unspecified atom stereocenters. The average Bonchev–Trinajstić information content (AvgIpc) is 2.52. The monoisotopic (exact) mass is 296 g/mol. The zero-order chi connectivity index (χ0) is 16.1. The molecule has 21 heavy (non-hydrogen) atoms. The first-order chi connectivity index (χ1) is 10.1. The second kappa shape index (κ2) is 11.7. The maximum Gasteiger partial charge on any atom is 0.407 e. The van der Waals surface area contributed by atoms with Crippen LogP contribution >= 0.6 is 0 Å². The molecule has 0 spiro atoms. The van der Waals surface area contributed by atoms with E-state index < -0.39 is 18.1 Å². The summed E-state index contributed by atoms with van der Waals surface area (Å²) in [4.78, 5) is 21.8. The topological polar surface area (TPSA) is 102 Å². The van der Waals surface area contributed by atoms with E-state index in [4.69, 9.17) is 15.6 Å². The Morgan fingerprint density at radius 2 is 1.90 bits per heavy atom. The van der Waals surface area contributed by atoms with Crippen molar-refractivity contribution < 1.29 is 19.4 Å². The standard InChI is InChI=1S/C13H18N2O4.C2H6/c14-11(12(16)17)7-4-8-15-13(18)19-9-10-5-2-1-3-6-10;1-2/h1-3,5-6,11H,4,7-9,14H2,(H,15,18)(H,16,17);1-2H3. The second-order valence-corrected chi connectivity index (χ2v) is 4.08. The van der Waals surface area contributed by atoms with Gasteiger partial charge in [-0.25, -0.2) is 4.79 Å². The number of rotatable bonds is 7. The van der Waals surface area contributed by atoms with Crippen LogP contribution in [0.25, 0.3) is 0 Å². The molecule has 6 heteroatoms. The first-order valence-electron chi connectivity index (χ1n) is 7.02. The van der Waals surface area contributed by atoms with Gasteiger partial charge in [0.15, 0.2) is 0 Å². The highest BCUT2D eigenvalue weighted by Gasteiger charge is 2.10. The Labute approximate surface area is 125 Å². The van der Waals surface area contributed by atoms with Crippen molar-refractivity contribution in [3.8, 4) is 0 Å². The highest BCUT2D eigenvalue weighted by atomic mass is 16.5. The number of hydrogen-bond acceptors (Lipinski definition) is 4. The van der Waals surface area contributed by atoms with Crippen LogP contribution in [0.4, 0.5) is 4.79 Å². The molecule has 0 aliphatic heterocycles. The van der Waals surface area contributed by atoms with Gasteiger partial charge in [-0.05, 0) is 18.4 Å². The van der Waals surface area contributed by atoms with E-state index in [-0.39, 0.29) is 6.61 Å². The summed E-state index contributed by atoms with van der Waals surface area (Å²) in [6.07, 6.45) is 0.287. The molecular weight excluding hydrogens is 272 g/mol. The van der Waals surface area contributed by atoms with Gasteiger partial charge in [0.1, 0.15) is 12.6 Å². The molecule has 6 nitrogen and oxygen atoms in total. The van der Waals surface area contributed by atoms with Gasteiger partial charge in [-0.1, -0.05) is 44.2 Å². The lowest BCUT2D eigenvalue weighted by Gasteiger charge is -2.08. The fraction of sp³-hybridized carbons (Fsp3) is 0.467. The van der Waals surface area contributed by atoms with Gasteiger partial charge < -0.3 is 20.9 Å². The largest absolute Gasteiger partial charge is 0.480 e. The van der Waals surface area contributed by atoms with Crippen LogP contribution in [0.2, 0.25) is 0 Å². The number of ether oxygens (including phenoxy) is 1. The highest BCUT2D eigenvalue weighted by Crippen LogP contribution is 2.00. The molecule has 0 saturated heterocycles. The molecule has 0 aromatic heterocycles. The summed E-state index contributed by atoms with van der Waals surface area (Å²) in [5.41, 5.74) is 6.23. The fourth-order valence-electron chi connectivity index (χ4n) is 1.41. The van der Waals surface area contributed by atoms with Crippen LogP contribution in [-0.4, -0.2) is 29.8 Å². The zero-order valence-electron chi connectivity index (χ0n) is 12.5. The molecular formula is C15H24N2O4. The summed E-state index contributed by atoms with van der Waals surface area (Å²) in [7, 11) is 0. The van der Waals surface area contributed by atoms with E-state index in [1.54, 1.807) is 0 Å². The van der Waals surface area contributed by atoms with Crippen molar-refractivity contribution in [1.29, 1.82) is 0 Å². The predicted octanol–water partition coefficient (Wildman–Crippen LogP) is 2.13. The first-order valence-corrected chi connectivity index (χ1v) is 7.02. The fourth-order valence-corrected chi connectivity index (χ4v) is 1.41. The number of carboxylic acids is 1. The third kappa shape index (κ3) is 9.45. The van der Waals surface area contributed by atoms with E-state index in [1.807, 2.05) is 44.2 Å². The number of carbonyl (C=O) groups is 2. The number of benzene rings is 1. The molecule has 1 atom stereocenters. The molecule has 1 aromatic rings. The van der Waals surface area contributed by atoms with Crippen LogP contribution in [0.15, 0.2) is 30.3 Å². The minimum absolute atomic E-state index is 0.210. The Morgan fingerprint density at radius 1 is 1.29 bits per heavy atom. The number of alkyl carbamates (subject to hydrolysis) is 1. The van der Waals surface area contributed by atoms with Crippen LogP contribution in [-0.2, 0) is 16.1 Å². The Balaban J connectivity index is 0.00000191. The number of hydrogen-bond donors (Lipinski definition) is 3. The van der Waals surface area contributed by atoms with Gasteiger partial charge >= 0.3 is 12.1 Å². The number of carbonyl (C=O) groups excluding carboxylic acids is 1. The summed E-state index contributed by atoms with van der Waals surface area (Å²) in [6.45, 7) is 4.55. The number of nitrogens with one attached hydrogen (secondary N) is 1.